The topological polar surface area (TPSA) is 81.7 Å². The Morgan fingerprint density at radius 2 is 1.85 bits per heavy atom. The standard InChI is InChI=1S/C27H27N5O2/c33-25(20-8-9-20)31-13-10-17(15-31)16-32-24(29-27(11-12-27)26(32)34)19-6-4-18(5-7-19)21-2-1-3-23-22(21)14-28-30-23/h1-7,14,17,20H,8-13,15-16H2,(H,28,30). The SMILES string of the molecule is O=C(C1CC1)N1CCC(CN2C(=O)C3(CC3)N=C2c2ccc(-c3cccc4[nH]ncc34)cc2)C1. The zero-order valence-electron chi connectivity index (χ0n) is 19.0. The van der Waals surface area contributed by atoms with E-state index in [0.29, 0.717) is 18.4 Å². The first kappa shape index (κ1) is 19.9. The summed E-state index contributed by atoms with van der Waals surface area (Å²) in [6.45, 7) is 2.21. The zero-order valence-corrected chi connectivity index (χ0v) is 19.0. The van der Waals surface area contributed by atoms with Crippen molar-refractivity contribution in [3.05, 3.63) is 54.2 Å². The number of nitrogens with one attached hydrogen (secondary N) is 1. The van der Waals surface area contributed by atoms with Crippen LogP contribution < -0.4 is 0 Å². The molecule has 0 radical (unpaired) electrons. The van der Waals surface area contributed by atoms with Crippen LogP contribution in [0.2, 0.25) is 0 Å². The molecule has 1 saturated heterocycles. The lowest BCUT2D eigenvalue weighted by molar-refractivity contribution is -0.131. The highest BCUT2D eigenvalue weighted by molar-refractivity contribution is 6.16. The number of hydrogen-bond acceptors (Lipinski definition) is 4. The number of fused-ring (bicyclic) bond motifs is 1. The molecule has 3 heterocycles. The summed E-state index contributed by atoms with van der Waals surface area (Å²) in [5, 5.41) is 8.29. The number of carbonyl (C=O) groups is 2. The fourth-order valence-electron chi connectivity index (χ4n) is 5.54. The van der Waals surface area contributed by atoms with Crippen LogP contribution in [-0.2, 0) is 9.59 Å². The number of aromatic amines is 1. The van der Waals surface area contributed by atoms with E-state index in [2.05, 4.69) is 40.5 Å². The van der Waals surface area contributed by atoms with Gasteiger partial charge in [0, 0.05) is 36.5 Å². The van der Waals surface area contributed by atoms with Gasteiger partial charge in [0.2, 0.25) is 5.91 Å². The van der Waals surface area contributed by atoms with Crippen molar-refractivity contribution in [3.63, 3.8) is 0 Å². The lowest BCUT2D eigenvalue weighted by Gasteiger charge is -2.23. The Balaban J connectivity index is 1.14. The number of likely N-dealkylation sites (tertiary alicyclic amines) is 1. The molecule has 1 N–H and O–H groups in total. The van der Waals surface area contributed by atoms with E-state index < -0.39 is 5.54 Å². The van der Waals surface area contributed by atoms with Crippen molar-refractivity contribution in [2.75, 3.05) is 19.6 Å². The van der Waals surface area contributed by atoms with Crippen LogP contribution in [0.1, 0.15) is 37.7 Å². The van der Waals surface area contributed by atoms with Gasteiger partial charge in [-0.05, 0) is 55.2 Å². The van der Waals surface area contributed by atoms with Gasteiger partial charge in [-0.3, -0.25) is 24.6 Å². The second-order valence-corrected chi connectivity index (χ2v) is 10.3. The zero-order chi connectivity index (χ0) is 22.9. The van der Waals surface area contributed by atoms with E-state index in [1.54, 1.807) is 0 Å². The van der Waals surface area contributed by atoms with Crippen LogP contribution in [0.5, 0.6) is 0 Å². The van der Waals surface area contributed by atoms with Crippen LogP contribution in [0, 0.1) is 11.8 Å². The summed E-state index contributed by atoms with van der Waals surface area (Å²) in [5.41, 5.74) is 3.70. The molecule has 0 bridgehead atoms. The van der Waals surface area contributed by atoms with Gasteiger partial charge in [0.05, 0.1) is 11.7 Å². The van der Waals surface area contributed by atoms with Crippen molar-refractivity contribution in [2.24, 2.45) is 16.8 Å². The van der Waals surface area contributed by atoms with Gasteiger partial charge in [0.25, 0.3) is 5.91 Å². The Bertz CT molecular complexity index is 1330. The molecule has 2 aliphatic heterocycles. The number of benzene rings is 2. The average Bonchev–Trinajstić information content (AvgIpc) is 3.74. The molecule has 3 aromatic rings. The number of nitrogens with zero attached hydrogens (tertiary/aromatic N) is 4. The summed E-state index contributed by atoms with van der Waals surface area (Å²) in [6, 6.07) is 14.5. The summed E-state index contributed by atoms with van der Waals surface area (Å²) in [4.78, 5) is 34.7. The number of rotatable bonds is 5. The molecular weight excluding hydrogens is 426 g/mol. The molecule has 2 aromatic carbocycles. The summed E-state index contributed by atoms with van der Waals surface area (Å²) >= 11 is 0. The highest BCUT2D eigenvalue weighted by atomic mass is 16.2. The maximum absolute atomic E-state index is 13.3. The van der Waals surface area contributed by atoms with Crippen molar-refractivity contribution in [1.29, 1.82) is 0 Å². The van der Waals surface area contributed by atoms with Crippen LogP contribution in [0.4, 0.5) is 0 Å². The first-order valence-corrected chi connectivity index (χ1v) is 12.3. The predicted octanol–water partition coefficient (Wildman–Crippen LogP) is 3.61. The Labute approximate surface area is 197 Å². The van der Waals surface area contributed by atoms with Crippen LogP contribution in [0.3, 0.4) is 0 Å². The molecule has 2 amide bonds. The van der Waals surface area contributed by atoms with Gasteiger partial charge in [0.1, 0.15) is 11.4 Å². The van der Waals surface area contributed by atoms with Crippen molar-refractivity contribution >= 4 is 28.6 Å². The third kappa shape index (κ3) is 3.17. The highest BCUT2D eigenvalue weighted by Crippen LogP contribution is 2.46. The fourth-order valence-corrected chi connectivity index (χ4v) is 5.54. The van der Waals surface area contributed by atoms with Crippen molar-refractivity contribution in [1.82, 2.24) is 20.0 Å². The van der Waals surface area contributed by atoms with Gasteiger partial charge in [-0.25, -0.2) is 0 Å². The molecule has 1 aromatic heterocycles. The number of carbonyl (C=O) groups excluding carboxylic acids is 2. The van der Waals surface area contributed by atoms with Gasteiger partial charge < -0.3 is 4.90 Å². The quantitative estimate of drug-likeness (QED) is 0.641. The maximum Gasteiger partial charge on any atom is 0.256 e. The van der Waals surface area contributed by atoms with Gasteiger partial charge >= 0.3 is 0 Å². The molecule has 34 heavy (non-hydrogen) atoms. The van der Waals surface area contributed by atoms with Gasteiger partial charge in [-0.1, -0.05) is 36.4 Å². The third-order valence-corrected chi connectivity index (χ3v) is 7.85. The molecule has 3 fully saturated rings. The second kappa shape index (κ2) is 7.26. The maximum atomic E-state index is 13.3. The number of amides is 2. The summed E-state index contributed by atoms with van der Waals surface area (Å²) < 4.78 is 0. The average molecular weight is 454 g/mol. The number of aromatic nitrogens is 2. The number of amidine groups is 1. The van der Waals surface area contributed by atoms with Crippen LogP contribution in [0.15, 0.2) is 53.7 Å². The van der Waals surface area contributed by atoms with E-state index in [9.17, 15) is 9.59 Å². The number of aliphatic imine (C=N–C) groups is 1. The van der Waals surface area contributed by atoms with E-state index >= 15 is 0 Å². The summed E-state index contributed by atoms with van der Waals surface area (Å²) in [7, 11) is 0. The molecule has 1 unspecified atom stereocenters. The first-order chi connectivity index (χ1) is 16.6. The summed E-state index contributed by atoms with van der Waals surface area (Å²) in [6.07, 6.45) is 6.56. The molecular formula is C27H27N5O2. The van der Waals surface area contributed by atoms with Crippen LogP contribution >= 0.6 is 0 Å². The van der Waals surface area contributed by atoms with Crippen LogP contribution in [0.25, 0.3) is 22.0 Å². The largest absolute Gasteiger partial charge is 0.342 e. The normalized spacial score (nSPS) is 23.2. The molecule has 1 spiro atoms. The van der Waals surface area contributed by atoms with Gasteiger partial charge in [0.15, 0.2) is 0 Å². The Kier molecular flexibility index (Phi) is 4.26. The molecule has 1 atom stereocenters. The molecule has 2 saturated carbocycles. The van der Waals surface area contributed by atoms with Gasteiger partial charge in [-0.2, -0.15) is 5.10 Å². The highest BCUT2D eigenvalue weighted by Gasteiger charge is 2.57. The van der Waals surface area contributed by atoms with E-state index in [0.717, 1.165) is 78.6 Å². The first-order valence-electron chi connectivity index (χ1n) is 12.3. The molecule has 2 aliphatic carbocycles. The monoisotopic (exact) mass is 453 g/mol. The second-order valence-electron chi connectivity index (χ2n) is 10.3. The lowest BCUT2D eigenvalue weighted by Crippen LogP contribution is -2.40. The lowest BCUT2D eigenvalue weighted by atomic mass is 10.00. The molecule has 4 aliphatic rings. The molecule has 7 heteroatoms. The minimum absolute atomic E-state index is 0.140. The summed E-state index contributed by atoms with van der Waals surface area (Å²) in [5.74, 6) is 1.81. The molecule has 7 rings (SSSR count). The Morgan fingerprint density at radius 1 is 1.06 bits per heavy atom. The Hall–Kier alpha value is -3.48. The third-order valence-electron chi connectivity index (χ3n) is 7.85. The number of hydrogen-bond donors (Lipinski definition) is 1. The van der Waals surface area contributed by atoms with E-state index in [-0.39, 0.29) is 11.8 Å². The van der Waals surface area contributed by atoms with Crippen molar-refractivity contribution in [3.8, 4) is 11.1 Å². The van der Waals surface area contributed by atoms with E-state index in [1.165, 1.54) is 0 Å². The Morgan fingerprint density at radius 3 is 2.62 bits per heavy atom. The fraction of sp³-hybridized carbons (Fsp3) is 0.407. The smallest absolute Gasteiger partial charge is 0.256 e. The van der Waals surface area contributed by atoms with Crippen molar-refractivity contribution < 1.29 is 9.59 Å². The predicted molar refractivity (Wildman–Crippen MR) is 129 cm³/mol. The number of H-pyrrole nitrogens is 1. The minimum Gasteiger partial charge on any atom is -0.342 e. The molecule has 7 nitrogen and oxygen atoms in total. The van der Waals surface area contributed by atoms with Gasteiger partial charge in [-0.15, -0.1) is 0 Å². The van der Waals surface area contributed by atoms with Crippen LogP contribution in [-0.4, -0.2) is 62.8 Å². The minimum atomic E-state index is -0.529. The van der Waals surface area contributed by atoms with E-state index in [4.69, 9.17) is 4.99 Å². The molecule has 172 valence electrons. The van der Waals surface area contributed by atoms with E-state index in [1.807, 2.05) is 28.1 Å². The van der Waals surface area contributed by atoms with Crippen molar-refractivity contribution in [2.45, 2.75) is 37.6 Å².